The van der Waals surface area contributed by atoms with Gasteiger partial charge in [0.05, 0.1) is 0 Å². The van der Waals surface area contributed by atoms with Crippen LogP contribution in [0.4, 0.5) is 5.69 Å². The second kappa shape index (κ2) is 6.57. The van der Waals surface area contributed by atoms with E-state index in [1.165, 1.54) is 6.07 Å². The molecule has 1 fully saturated rings. The molecular weight excluding hydrogens is 346 g/mol. The predicted molar refractivity (Wildman–Crippen MR) is 92.7 cm³/mol. The van der Waals surface area contributed by atoms with E-state index < -0.39 is 0 Å². The number of ether oxygens (including phenoxy) is 3. The first-order valence-electron chi connectivity index (χ1n) is 8.13. The maximum absolute atomic E-state index is 11.9. The Labute approximate surface area is 149 Å². The normalized spacial score (nSPS) is 18.1. The molecule has 0 radical (unpaired) electrons. The molecule has 0 unspecified atom stereocenters. The average Bonchev–Trinajstić information content (AvgIpc) is 3.11. The minimum Gasteiger partial charge on any atom is -0.454 e. The SMILES string of the molecule is O=c1[nH]nc(Cl)cc1NCC1(c2ccc3c(c2)OCO3)CCOCC1. The van der Waals surface area contributed by atoms with Crippen molar-refractivity contribution in [1.82, 2.24) is 10.2 Å². The molecule has 2 aliphatic rings. The second-order valence-electron chi connectivity index (χ2n) is 6.25. The zero-order chi connectivity index (χ0) is 17.3. The molecule has 2 N–H and O–H groups in total. The van der Waals surface area contributed by atoms with Crippen LogP contribution in [0, 0.1) is 0 Å². The Hall–Kier alpha value is -2.25. The maximum Gasteiger partial charge on any atom is 0.287 e. The van der Waals surface area contributed by atoms with Gasteiger partial charge in [0.15, 0.2) is 16.7 Å². The number of rotatable bonds is 4. The average molecular weight is 364 g/mol. The van der Waals surface area contributed by atoms with Crippen molar-refractivity contribution < 1.29 is 14.2 Å². The summed E-state index contributed by atoms with van der Waals surface area (Å²) < 4.78 is 16.5. The Morgan fingerprint density at radius 2 is 2.00 bits per heavy atom. The summed E-state index contributed by atoms with van der Waals surface area (Å²) in [6.07, 6.45) is 1.69. The molecule has 7 nitrogen and oxygen atoms in total. The van der Waals surface area contributed by atoms with Crippen LogP contribution in [0.15, 0.2) is 29.1 Å². The van der Waals surface area contributed by atoms with Crippen LogP contribution in [-0.2, 0) is 10.2 Å². The van der Waals surface area contributed by atoms with Crippen LogP contribution in [0.25, 0.3) is 0 Å². The van der Waals surface area contributed by atoms with Crippen molar-refractivity contribution in [3.63, 3.8) is 0 Å². The van der Waals surface area contributed by atoms with Gasteiger partial charge in [0.25, 0.3) is 5.56 Å². The number of benzene rings is 1. The highest BCUT2D eigenvalue weighted by Crippen LogP contribution is 2.40. The molecule has 0 spiro atoms. The highest BCUT2D eigenvalue weighted by atomic mass is 35.5. The second-order valence-corrected chi connectivity index (χ2v) is 6.64. The highest BCUT2D eigenvalue weighted by molar-refractivity contribution is 6.29. The van der Waals surface area contributed by atoms with Crippen LogP contribution < -0.4 is 20.3 Å². The van der Waals surface area contributed by atoms with Crippen molar-refractivity contribution in [2.45, 2.75) is 18.3 Å². The van der Waals surface area contributed by atoms with Gasteiger partial charge in [-0.05, 0) is 30.5 Å². The van der Waals surface area contributed by atoms with Crippen LogP contribution in [0.5, 0.6) is 11.5 Å². The standard InChI is InChI=1S/C17H18ClN3O4/c18-15-8-12(16(22)21-20-15)19-9-17(3-5-23-6-4-17)11-1-2-13-14(7-11)25-10-24-13/h1-2,7-8H,3-6,9-10H2,(H,19,20)(H,21,22). The van der Waals surface area contributed by atoms with Crippen molar-refractivity contribution in [3.05, 3.63) is 45.3 Å². The third kappa shape index (κ3) is 3.17. The van der Waals surface area contributed by atoms with E-state index in [0.717, 1.165) is 29.9 Å². The maximum atomic E-state index is 11.9. The first-order valence-corrected chi connectivity index (χ1v) is 8.51. The quantitative estimate of drug-likeness (QED) is 0.867. The molecule has 132 valence electrons. The third-order valence-corrected chi connectivity index (χ3v) is 5.02. The number of aromatic amines is 1. The summed E-state index contributed by atoms with van der Waals surface area (Å²) in [6, 6.07) is 7.56. The zero-order valence-electron chi connectivity index (χ0n) is 13.5. The fourth-order valence-electron chi connectivity index (χ4n) is 3.33. The number of hydrogen-bond donors (Lipinski definition) is 2. The van der Waals surface area contributed by atoms with E-state index in [1.807, 2.05) is 12.1 Å². The van der Waals surface area contributed by atoms with Crippen molar-refractivity contribution in [3.8, 4) is 11.5 Å². The largest absolute Gasteiger partial charge is 0.454 e. The molecule has 0 atom stereocenters. The first kappa shape index (κ1) is 16.2. The summed E-state index contributed by atoms with van der Waals surface area (Å²) >= 11 is 5.88. The number of H-pyrrole nitrogens is 1. The Bertz CT molecular complexity index is 833. The molecule has 0 bridgehead atoms. The topological polar surface area (TPSA) is 85.5 Å². The van der Waals surface area contributed by atoms with Crippen molar-refractivity contribution in [2.24, 2.45) is 0 Å². The Balaban J connectivity index is 1.63. The zero-order valence-corrected chi connectivity index (χ0v) is 14.3. The van der Waals surface area contributed by atoms with E-state index in [2.05, 4.69) is 21.6 Å². The summed E-state index contributed by atoms with van der Waals surface area (Å²) in [5.41, 5.74) is 1.09. The van der Waals surface area contributed by atoms with Crippen LogP contribution in [-0.4, -0.2) is 36.7 Å². The van der Waals surface area contributed by atoms with Gasteiger partial charge < -0.3 is 19.5 Å². The number of nitrogens with zero attached hydrogens (tertiary/aromatic N) is 1. The Kier molecular flexibility index (Phi) is 4.27. The van der Waals surface area contributed by atoms with Crippen LogP contribution in [0.2, 0.25) is 5.15 Å². The number of nitrogens with one attached hydrogen (secondary N) is 2. The molecule has 3 heterocycles. The third-order valence-electron chi connectivity index (χ3n) is 4.82. The van der Waals surface area contributed by atoms with Crippen LogP contribution in [0.3, 0.4) is 0 Å². The highest BCUT2D eigenvalue weighted by Gasteiger charge is 2.35. The van der Waals surface area contributed by atoms with E-state index in [-0.39, 0.29) is 22.9 Å². The molecule has 1 aromatic carbocycles. The van der Waals surface area contributed by atoms with Crippen molar-refractivity contribution in [1.29, 1.82) is 0 Å². The molecule has 1 aromatic heterocycles. The van der Waals surface area contributed by atoms with E-state index in [1.54, 1.807) is 0 Å². The minimum absolute atomic E-state index is 0.165. The number of anilines is 1. The molecule has 1 saturated heterocycles. The molecule has 25 heavy (non-hydrogen) atoms. The van der Waals surface area contributed by atoms with Gasteiger partial charge >= 0.3 is 0 Å². The summed E-state index contributed by atoms with van der Waals surface area (Å²) in [5, 5.41) is 9.54. The predicted octanol–water partition coefficient (Wildman–Crippen LogP) is 2.31. The molecule has 0 amide bonds. The monoisotopic (exact) mass is 363 g/mol. The van der Waals surface area contributed by atoms with Gasteiger partial charge in [-0.3, -0.25) is 4.79 Å². The van der Waals surface area contributed by atoms with Gasteiger partial charge in [-0.25, -0.2) is 5.10 Å². The van der Waals surface area contributed by atoms with Gasteiger partial charge in [0, 0.05) is 31.2 Å². The molecule has 2 aromatic rings. The first-order chi connectivity index (χ1) is 12.2. The molecular formula is C17H18ClN3O4. The number of aromatic nitrogens is 2. The van der Waals surface area contributed by atoms with Gasteiger partial charge in [0.2, 0.25) is 6.79 Å². The van der Waals surface area contributed by atoms with Gasteiger partial charge in [0.1, 0.15) is 5.69 Å². The van der Waals surface area contributed by atoms with Crippen LogP contribution >= 0.6 is 11.6 Å². The van der Waals surface area contributed by atoms with Crippen LogP contribution in [0.1, 0.15) is 18.4 Å². The Morgan fingerprint density at radius 1 is 1.20 bits per heavy atom. The minimum atomic E-state index is -0.294. The van der Waals surface area contributed by atoms with Gasteiger partial charge in [-0.1, -0.05) is 17.7 Å². The summed E-state index contributed by atoms with van der Waals surface area (Å²) in [4.78, 5) is 11.9. The lowest BCUT2D eigenvalue weighted by Gasteiger charge is -2.38. The molecule has 0 aliphatic carbocycles. The van der Waals surface area contributed by atoms with E-state index in [0.29, 0.717) is 25.4 Å². The number of fused-ring (bicyclic) bond motifs is 1. The van der Waals surface area contributed by atoms with Crippen molar-refractivity contribution in [2.75, 3.05) is 31.9 Å². The van der Waals surface area contributed by atoms with Crippen molar-refractivity contribution >= 4 is 17.3 Å². The lowest BCUT2D eigenvalue weighted by molar-refractivity contribution is 0.0543. The summed E-state index contributed by atoms with van der Waals surface area (Å²) in [7, 11) is 0. The fourth-order valence-corrected chi connectivity index (χ4v) is 3.48. The molecule has 4 rings (SSSR count). The summed E-state index contributed by atoms with van der Waals surface area (Å²) in [5.74, 6) is 1.52. The molecule has 2 aliphatic heterocycles. The lowest BCUT2D eigenvalue weighted by Crippen LogP contribution is -2.40. The lowest BCUT2D eigenvalue weighted by atomic mass is 9.74. The van der Waals surface area contributed by atoms with Gasteiger partial charge in [-0.2, -0.15) is 5.10 Å². The summed E-state index contributed by atoms with van der Waals surface area (Å²) in [6.45, 7) is 2.17. The fraction of sp³-hybridized carbons (Fsp3) is 0.412. The smallest absolute Gasteiger partial charge is 0.287 e. The number of hydrogen-bond acceptors (Lipinski definition) is 6. The number of halogens is 1. The Morgan fingerprint density at radius 3 is 2.84 bits per heavy atom. The van der Waals surface area contributed by atoms with E-state index >= 15 is 0 Å². The van der Waals surface area contributed by atoms with E-state index in [4.69, 9.17) is 25.8 Å². The molecule has 8 heteroatoms. The van der Waals surface area contributed by atoms with E-state index in [9.17, 15) is 4.79 Å². The van der Waals surface area contributed by atoms with Gasteiger partial charge in [-0.15, -0.1) is 0 Å². The molecule has 0 saturated carbocycles.